The van der Waals surface area contributed by atoms with Gasteiger partial charge in [0.25, 0.3) is 0 Å². The van der Waals surface area contributed by atoms with Gasteiger partial charge in [-0.1, -0.05) is 35.0 Å². The molecule has 1 heterocycles. The monoisotopic (exact) mass is 371 g/mol. The summed E-state index contributed by atoms with van der Waals surface area (Å²) >= 11 is 3.42. The largest absolute Gasteiger partial charge is 0.260 e. The first-order chi connectivity index (χ1) is 11.1. The van der Waals surface area contributed by atoms with Crippen LogP contribution in [0, 0.1) is 23.1 Å². The summed E-state index contributed by atoms with van der Waals surface area (Å²) in [6.07, 6.45) is 0.380. The lowest BCUT2D eigenvalue weighted by Gasteiger charge is -2.24. The summed E-state index contributed by atoms with van der Waals surface area (Å²) in [4.78, 5) is 0. The SMILES string of the molecule is CC1C(c2ccc(F)cc2)=NN(c2ccc(Br)cc2)C1CC#N. The van der Waals surface area contributed by atoms with Gasteiger partial charge in [-0.25, -0.2) is 4.39 Å². The molecule has 0 N–H and O–H groups in total. The zero-order valence-corrected chi connectivity index (χ0v) is 14.2. The van der Waals surface area contributed by atoms with Crippen LogP contribution in [0.1, 0.15) is 18.9 Å². The van der Waals surface area contributed by atoms with E-state index >= 15 is 0 Å². The van der Waals surface area contributed by atoms with Gasteiger partial charge in [0.05, 0.1) is 29.9 Å². The van der Waals surface area contributed by atoms with Gasteiger partial charge in [-0.15, -0.1) is 0 Å². The van der Waals surface area contributed by atoms with E-state index in [0.717, 1.165) is 21.4 Å². The van der Waals surface area contributed by atoms with Gasteiger partial charge in [0.2, 0.25) is 0 Å². The van der Waals surface area contributed by atoms with E-state index in [1.165, 1.54) is 12.1 Å². The number of nitrogens with zero attached hydrogens (tertiary/aromatic N) is 3. The number of hydrogen-bond donors (Lipinski definition) is 0. The highest BCUT2D eigenvalue weighted by atomic mass is 79.9. The van der Waals surface area contributed by atoms with Crippen LogP contribution in [0.25, 0.3) is 0 Å². The molecule has 0 aromatic heterocycles. The fourth-order valence-electron chi connectivity index (χ4n) is 2.82. The molecule has 2 atom stereocenters. The minimum absolute atomic E-state index is 0.0266. The molecule has 0 amide bonds. The third-order valence-electron chi connectivity index (χ3n) is 4.07. The fraction of sp³-hybridized carbons (Fsp3) is 0.222. The molecule has 0 radical (unpaired) electrons. The molecule has 0 bridgehead atoms. The number of benzene rings is 2. The maximum absolute atomic E-state index is 13.1. The number of anilines is 1. The van der Waals surface area contributed by atoms with Crippen LogP contribution in [0.4, 0.5) is 10.1 Å². The number of halogens is 2. The standard InChI is InChI=1S/C18H15BrFN3/c1-12-17(10-11-21)23(16-8-4-14(19)5-9-16)22-18(12)13-2-6-15(20)7-3-13/h2-9,12,17H,10H2,1H3. The molecule has 116 valence electrons. The van der Waals surface area contributed by atoms with Crippen molar-refractivity contribution < 1.29 is 4.39 Å². The first-order valence-corrected chi connectivity index (χ1v) is 8.15. The quantitative estimate of drug-likeness (QED) is 0.781. The minimum atomic E-state index is -0.265. The number of nitriles is 1. The second kappa shape index (κ2) is 6.51. The second-order valence-corrected chi connectivity index (χ2v) is 6.45. The van der Waals surface area contributed by atoms with E-state index in [1.54, 1.807) is 12.1 Å². The topological polar surface area (TPSA) is 39.4 Å². The van der Waals surface area contributed by atoms with E-state index in [0.29, 0.717) is 6.42 Å². The Morgan fingerprint density at radius 1 is 1.17 bits per heavy atom. The van der Waals surface area contributed by atoms with Gasteiger partial charge < -0.3 is 0 Å². The van der Waals surface area contributed by atoms with Crippen LogP contribution >= 0.6 is 15.9 Å². The van der Waals surface area contributed by atoms with Gasteiger partial charge in [-0.2, -0.15) is 10.4 Å². The third kappa shape index (κ3) is 3.13. The molecule has 1 aliphatic rings. The Morgan fingerprint density at radius 3 is 2.43 bits per heavy atom. The first-order valence-electron chi connectivity index (χ1n) is 7.36. The Hall–Kier alpha value is -2.19. The van der Waals surface area contributed by atoms with Crippen LogP contribution in [-0.4, -0.2) is 11.8 Å². The molecular weight excluding hydrogens is 357 g/mol. The minimum Gasteiger partial charge on any atom is -0.260 e. The molecule has 0 spiro atoms. The van der Waals surface area contributed by atoms with Gasteiger partial charge in [-0.3, -0.25) is 5.01 Å². The van der Waals surface area contributed by atoms with Gasteiger partial charge in [0.1, 0.15) is 5.82 Å². The van der Waals surface area contributed by atoms with Crippen molar-refractivity contribution in [1.29, 1.82) is 5.26 Å². The normalized spacial score (nSPS) is 20.3. The van der Waals surface area contributed by atoms with Crippen molar-refractivity contribution in [3.63, 3.8) is 0 Å². The van der Waals surface area contributed by atoms with Crippen molar-refractivity contribution in [2.24, 2.45) is 11.0 Å². The summed E-state index contributed by atoms with van der Waals surface area (Å²) < 4.78 is 14.1. The highest BCUT2D eigenvalue weighted by Gasteiger charge is 2.35. The highest BCUT2D eigenvalue weighted by Crippen LogP contribution is 2.33. The predicted molar refractivity (Wildman–Crippen MR) is 92.7 cm³/mol. The second-order valence-electron chi connectivity index (χ2n) is 5.53. The van der Waals surface area contributed by atoms with E-state index in [1.807, 2.05) is 29.3 Å². The van der Waals surface area contributed by atoms with Crippen LogP contribution in [0.2, 0.25) is 0 Å². The molecule has 1 aliphatic heterocycles. The van der Waals surface area contributed by atoms with Crippen LogP contribution < -0.4 is 5.01 Å². The molecule has 5 heteroatoms. The van der Waals surface area contributed by atoms with Crippen LogP contribution in [0.5, 0.6) is 0 Å². The van der Waals surface area contributed by atoms with Crippen molar-refractivity contribution in [3.8, 4) is 6.07 Å². The summed E-state index contributed by atoms with van der Waals surface area (Å²) in [5.41, 5.74) is 2.71. The molecule has 2 aromatic rings. The maximum atomic E-state index is 13.1. The Morgan fingerprint density at radius 2 is 1.83 bits per heavy atom. The number of rotatable bonds is 3. The lowest BCUT2D eigenvalue weighted by atomic mass is 9.91. The Bertz CT molecular complexity index is 762. The van der Waals surface area contributed by atoms with Gasteiger partial charge in [-0.05, 0) is 42.0 Å². The first kappa shape index (κ1) is 15.7. The van der Waals surface area contributed by atoms with E-state index in [2.05, 4.69) is 28.9 Å². The third-order valence-corrected chi connectivity index (χ3v) is 4.60. The molecular formula is C18H15BrFN3. The molecule has 0 saturated heterocycles. The summed E-state index contributed by atoms with van der Waals surface area (Å²) in [6.45, 7) is 2.06. The fourth-order valence-corrected chi connectivity index (χ4v) is 3.08. The van der Waals surface area contributed by atoms with Crippen molar-refractivity contribution >= 4 is 27.3 Å². The molecule has 0 fully saturated rings. The zero-order valence-electron chi connectivity index (χ0n) is 12.6. The van der Waals surface area contributed by atoms with Crippen LogP contribution in [0.15, 0.2) is 58.1 Å². The average Bonchev–Trinajstić information content (AvgIpc) is 2.87. The Balaban J connectivity index is 2.00. The molecule has 3 rings (SSSR count). The van der Waals surface area contributed by atoms with E-state index in [-0.39, 0.29) is 17.8 Å². The van der Waals surface area contributed by atoms with Crippen molar-refractivity contribution in [2.75, 3.05) is 5.01 Å². The highest BCUT2D eigenvalue weighted by molar-refractivity contribution is 9.10. The Labute approximate surface area is 143 Å². The van der Waals surface area contributed by atoms with Crippen molar-refractivity contribution in [2.45, 2.75) is 19.4 Å². The van der Waals surface area contributed by atoms with E-state index < -0.39 is 0 Å². The van der Waals surface area contributed by atoms with E-state index in [4.69, 9.17) is 10.4 Å². The number of hydrogen-bond acceptors (Lipinski definition) is 3. The van der Waals surface area contributed by atoms with Crippen molar-refractivity contribution in [3.05, 3.63) is 64.4 Å². The Kier molecular flexibility index (Phi) is 4.44. The average molecular weight is 372 g/mol. The van der Waals surface area contributed by atoms with Crippen LogP contribution in [-0.2, 0) is 0 Å². The smallest absolute Gasteiger partial charge is 0.123 e. The maximum Gasteiger partial charge on any atom is 0.123 e. The van der Waals surface area contributed by atoms with Crippen LogP contribution in [0.3, 0.4) is 0 Å². The predicted octanol–water partition coefficient (Wildman–Crippen LogP) is 4.73. The summed E-state index contributed by atoms with van der Waals surface area (Å²) in [7, 11) is 0. The molecule has 0 aliphatic carbocycles. The van der Waals surface area contributed by atoms with Gasteiger partial charge in [0, 0.05) is 10.4 Å². The van der Waals surface area contributed by atoms with E-state index in [9.17, 15) is 4.39 Å². The lowest BCUT2D eigenvalue weighted by Crippen LogP contribution is -2.31. The molecule has 0 saturated carbocycles. The summed E-state index contributed by atoms with van der Waals surface area (Å²) in [5.74, 6) is -0.179. The summed E-state index contributed by atoms with van der Waals surface area (Å²) in [6, 6.07) is 16.4. The number of hydrazone groups is 1. The summed E-state index contributed by atoms with van der Waals surface area (Å²) in [5, 5.41) is 15.8. The lowest BCUT2D eigenvalue weighted by molar-refractivity contribution is 0.568. The molecule has 3 nitrogen and oxygen atoms in total. The van der Waals surface area contributed by atoms with Gasteiger partial charge in [0.15, 0.2) is 0 Å². The molecule has 2 aromatic carbocycles. The molecule has 2 unspecified atom stereocenters. The molecule has 23 heavy (non-hydrogen) atoms. The van der Waals surface area contributed by atoms with Gasteiger partial charge >= 0.3 is 0 Å². The van der Waals surface area contributed by atoms with Crippen molar-refractivity contribution in [1.82, 2.24) is 0 Å². The zero-order chi connectivity index (χ0) is 16.4.